The SMILES string of the molecule is [c]1cccc2ccn(-c3ccc4cc[nH]c4c3)c12. The van der Waals surface area contributed by atoms with Gasteiger partial charge in [0.1, 0.15) is 0 Å². The molecule has 18 heavy (non-hydrogen) atoms. The molecule has 0 aliphatic rings. The number of rotatable bonds is 1. The normalized spacial score (nSPS) is 11.3. The van der Waals surface area contributed by atoms with Crippen LogP contribution in [0, 0.1) is 6.07 Å². The average molecular weight is 231 g/mol. The van der Waals surface area contributed by atoms with Crippen molar-refractivity contribution in [3.8, 4) is 5.69 Å². The van der Waals surface area contributed by atoms with Crippen molar-refractivity contribution < 1.29 is 0 Å². The molecule has 1 N–H and O–H groups in total. The lowest BCUT2D eigenvalue weighted by molar-refractivity contribution is 1.13. The van der Waals surface area contributed by atoms with Crippen LogP contribution in [0.4, 0.5) is 0 Å². The maximum absolute atomic E-state index is 3.29. The number of benzene rings is 2. The third kappa shape index (κ3) is 1.29. The molecule has 2 aromatic heterocycles. The van der Waals surface area contributed by atoms with Crippen LogP contribution in [0.15, 0.2) is 60.9 Å². The van der Waals surface area contributed by atoms with E-state index in [1.54, 1.807) is 0 Å². The van der Waals surface area contributed by atoms with Crippen LogP contribution in [0.2, 0.25) is 0 Å². The van der Waals surface area contributed by atoms with Gasteiger partial charge in [0.05, 0.1) is 5.52 Å². The number of nitrogens with one attached hydrogen (secondary N) is 1. The zero-order valence-electron chi connectivity index (χ0n) is 9.72. The van der Waals surface area contributed by atoms with E-state index in [-0.39, 0.29) is 0 Å². The van der Waals surface area contributed by atoms with E-state index in [0.29, 0.717) is 0 Å². The molecule has 0 aliphatic heterocycles. The monoisotopic (exact) mass is 231 g/mol. The molecule has 0 amide bonds. The lowest BCUT2D eigenvalue weighted by Crippen LogP contribution is -1.91. The average Bonchev–Trinajstić information content (AvgIpc) is 3.04. The Kier molecular flexibility index (Phi) is 1.86. The zero-order chi connectivity index (χ0) is 11.9. The van der Waals surface area contributed by atoms with Crippen molar-refractivity contribution in [2.24, 2.45) is 0 Å². The van der Waals surface area contributed by atoms with E-state index in [9.17, 15) is 0 Å². The van der Waals surface area contributed by atoms with Crippen molar-refractivity contribution in [1.29, 1.82) is 0 Å². The highest BCUT2D eigenvalue weighted by atomic mass is 15.0. The van der Waals surface area contributed by atoms with Gasteiger partial charge >= 0.3 is 0 Å². The van der Waals surface area contributed by atoms with Crippen molar-refractivity contribution in [2.45, 2.75) is 0 Å². The second-order valence-corrected chi connectivity index (χ2v) is 4.41. The summed E-state index contributed by atoms with van der Waals surface area (Å²) in [7, 11) is 0. The summed E-state index contributed by atoms with van der Waals surface area (Å²) in [6.07, 6.45) is 4.06. The number of aromatic amines is 1. The van der Waals surface area contributed by atoms with Crippen LogP contribution in [0.25, 0.3) is 27.5 Å². The predicted octanol–water partition coefficient (Wildman–Crippen LogP) is 3.91. The number of aromatic nitrogens is 2. The molecule has 2 heteroatoms. The van der Waals surface area contributed by atoms with E-state index in [0.717, 1.165) is 16.7 Å². The molecule has 2 aromatic carbocycles. The molecule has 0 aliphatic carbocycles. The van der Waals surface area contributed by atoms with Gasteiger partial charge in [-0.1, -0.05) is 24.3 Å². The summed E-state index contributed by atoms with van der Waals surface area (Å²) in [5, 5.41) is 2.45. The van der Waals surface area contributed by atoms with Gasteiger partial charge < -0.3 is 9.55 Å². The fourth-order valence-corrected chi connectivity index (χ4v) is 2.41. The van der Waals surface area contributed by atoms with Crippen LogP contribution in [-0.2, 0) is 0 Å². The third-order valence-electron chi connectivity index (χ3n) is 3.33. The van der Waals surface area contributed by atoms with Crippen molar-refractivity contribution in [3.05, 3.63) is 67.0 Å². The van der Waals surface area contributed by atoms with Gasteiger partial charge in [-0.25, -0.2) is 0 Å². The van der Waals surface area contributed by atoms with Gasteiger partial charge in [-0.2, -0.15) is 0 Å². The minimum atomic E-state index is 1.11. The van der Waals surface area contributed by atoms with E-state index in [1.807, 2.05) is 18.3 Å². The summed E-state index contributed by atoms with van der Waals surface area (Å²) in [5.41, 5.74) is 3.43. The Bertz CT molecular complexity index is 836. The molecule has 0 saturated heterocycles. The fraction of sp³-hybridized carbons (Fsp3) is 0. The minimum absolute atomic E-state index is 1.11. The quantitative estimate of drug-likeness (QED) is 0.512. The first-order valence-corrected chi connectivity index (χ1v) is 5.97. The van der Waals surface area contributed by atoms with Gasteiger partial charge in [-0.05, 0) is 29.7 Å². The lowest BCUT2D eigenvalue weighted by atomic mass is 10.2. The first-order valence-electron chi connectivity index (χ1n) is 5.97. The molecule has 4 aromatic rings. The molecule has 0 spiro atoms. The van der Waals surface area contributed by atoms with Gasteiger partial charge in [-0.3, -0.25) is 0 Å². The van der Waals surface area contributed by atoms with E-state index in [4.69, 9.17) is 0 Å². The molecule has 0 bridgehead atoms. The Morgan fingerprint density at radius 1 is 1.00 bits per heavy atom. The minimum Gasteiger partial charge on any atom is -0.361 e. The topological polar surface area (TPSA) is 20.7 Å². The maximum Gasteiger partial charge on any atom is 0.0607 e. The molecular weight excluding hydrogens is 220 g/mol. The predicted molar refractivity (Wildman–Crippen MR) is 74.0 cm³/mol. The van der Waals surface area contributed by atoms with Crippen molar-refractivity contribution in [3.63, 3.8) is 0 Å². The largest absolute Gasteiger partial charge is 0.361 e. The molecular formula is C16H11N2. The summed E-state index contributed by atoms with van der Waals surface area (Å²) >= 11 is 0. The fourth-order valence-electron chi connectivity index (χ4n) is 2.41. The van der Waals surface area contributed by atoms with Crippen LogP contribution in [0.5, 0.6) is 0 Å². The highest BCUT2D eigenvalue weighted by Gasteiger charge is 2.03. The summed E-state index contributed by atoms with van der Waals surface area (Å²) < 4.78 is 2.16. The first kappa shape index (κ1) is 9.54. The van der Waals surface area contributed by atoms with Crippen LogP contribution >= 0.6 is 0 Å². The maximum atomic E-state index is 3.29. The second-order valence-electron chi connectivity index (χ2n) is 4.41. The van der Waals surface area contributed by atoms with Crippen molar-refractivity contribution in [1.82, 2.24) is 9.55 Å². The smallest absolute Gasteiger partial charge is 0.0607 e. The molecule has 2 nitrogen and oxygen atoms in total. The second kappa shape index (κ2) is 3.50. The van der Waals surface area contributed by atoms with Crippen LogP contribution in [0.3, 0.4) is 0 Å². The van der Waals surface area contributed by atoms with E-state index >= 15 is 0 Å². The zero-order valence-corrected chi connectivity index (χ0v) is 9.72. The molecule has 0 atom stereocenters. The molecule has 1 radical (unpaired) electrons. The first-order chi connectivity index (χ1) is 8.92. The highest BCUT2D eigenvalue weighted by molar-refractivity contribution is 5.84. The van der Waals surface area contributed by atoms with Crippen molar-refractivity contribution >= 4 is 21.8 Å². The highest BCUT2D eigenvalue weighted by Crippen LogP contribution is 2.22. The van der Waals surface area contributed by atoms with Crippen LogP contribution < -0.4 is 0 Å². The van der Waals surface area contributed by atoms with Crippen LogP contribution in [-0.4, -0.2) is 9.55 Å². The van der Waals surface area contributed by atoms with Crippen molar-refractivity contribution in [2.75, 3.05) is 0 Å². The van der Waals surface area contributed by atoms with Crippen LogP contribution in [0.1, 0.15) is 0 Å². The summed E-state index contributed by atoms with van der Waals surface area (Å²) in [6, 6.07) is 20.0. The summed E-state index contributed by atoms with van der Waals surface area (Å²) in [6.45, 7) is 0. The molecule has 4 rings (SSSR count). The Morgan fingerprint density at radius 2 is 2.00 bits per heavy atom. The Morgan fingerprint density at radius 3 is 3.00 bits per heavy atom. The van der Waals surface area contributed by atoms with Gasteiger partial charge in [0.2, 0.25) is 0 Å². The Hall–Kier alpha value is -2.48. The number of para-hydroxylation sites is 1. The Labute approximate surface area is 104 Å². The molecule has 85 valence electrons. The molecule has 0 saturated carbocycles. The molecule has 0 fully saturated rings. The summed E-state index contributed by atoms with van der Waals surface area (Å²) in [4.78, 5) is 3.25. The van der Waals surface area contributed by atoms with E-state index in [2.05, 4.69) is 58.2 Å². The lowest BCUT2D eigenvalue weighted by Gasteiger charge is -2.05. The standard InChI is InChI=1S/C16H11N2/c1-2-4-16-13(3-1)8-10-18(16)14-6-5-12-7-9-17-15(12)11-14/h1-3,5-11,17H. The third-order valence-corrected chi connectivity index (χ3v) is 3.33. The van der Waals surface area contributed by atoms with Gasteiger partial charge in [-0.15, -0.1) is 0 Å². The van der Waals surface area contributed by atoms with Gasteiger partial charge in [0, 0.05) is 35.1 Å². The number of hydrogen-bond acceptors (Lipinski definition) is 0. The van der Waals surface area contributed by atoms with E-state index < -0.39 is 0 Å². The molecule has 2 heterocycles. The van der Waals surface area contributed by atoms with Gasteiger partial charge in [0.15, 0.2) is 0 Å². The number of fused-ring (bicyclic) bond motifs is 2. The number of H-pyrrole nitrogens is 1. The molecule has 0 unspecified atom stereocenters. The number of nitrogens with zero attached hydrogens (tertiary/aromatic N) is 1. The Balaban J connectivity index is 2.00. The van der Waals surface area contributed by atoms with E-state index in [1.165, 1.54) is 10.8 Å². The summed E-state index contributed by atoms with van der Waals surface area (Å²) in [5.74, 6) is 0. The number of hydrogen-bond donors (Lipinski definition) is 1. The van der Waals surface area contributed by atoms with Gasteiger partial charge in [0.25, 0.3) is 0 Å².